The van der Waals surface area contributed by atoms with Crippen LogP contribution in [0.5, 0.6) is 17.2 Å². The fraction of sp³-hybridized carbons (Fsp3) is 0.143. The van der Waals surface area contributed by atoms with Gasteiger partial charge in [-0.2, -0.15) is 0 Å². The van der Waals surface area contributed by atoms with E-state index >= 15 is 0 Å². The standard InChI is InChI=1S/C21H16BrNO4/c1-2-20(24)27-17-5-3-4-13-6-8-15(23-21(13)17)9-7-14-10-18-19(11-16(14)22)26-12-25-18/h3-11H,2,12H2,1H3/b9-7-. The third kappa shape index (κ3) is 3.66. The SMILES string of the molecule is CCC(=O)Oc1cccc2ccc(/C=C\c3cc4c(cc3Br)OCO4)nc12. The average molecular weight is 426 g/mol. The van der Waals surface area contributed by atoms with Gasteiger partial charge in [0.15, 0.2) is 17.2 Å². The number of nitrogens with zero attached hydrogens (tertiary/aromatic N) is 1. The molecule has 0 amide bonds. The molecule has 1 aliphatic rings. The molecule has 4 rings (SSSR count). The van der Waals surface area contributed by atoms with Gasteiger partial charge < -0.3 is 14.2 Å². The number of carbonyl (C=O) groups excluding carboxylic acids is 1. The molecule has 3 aromatic rings. The summed E-state index contributed by atoms with van der Waals surface area (Å²) in [6.45, 7) is 2.00. The van der Waals surface area contributed by atoms with Crippen LogP contribution in [0.15, 0.2) is 46.9 Å². The minimum Gasteiger partial charge on any atom is -0.454 e. The molecule has 0 bridgehead atoms. The van der Waals surface area contributed by atoms with Gasteiger partial charge in [0, 0.05) is 16.3 Å². The molecule has 0 saturated carbocycles. The number of hydrogen-bond acceptors (Lipinski definition) is 5. The van der Waals surface area contributed by atoms with Crippen LogP contribution in [0, 0.1) is 0 Å². The summed E-state index contributed by atoms with van der Waals surface area (Å²) < 4.78 is 17.1. The monoisotopic (exact) mass is 425 g/mol. The van der Waals surface area contributed by atoms with Gasteiger partial charge in [0.05, 0.1) is 5.69 Å². The fourth-order valence-corrected chi connectivity index (χ4v) is 3.20. The highest BCUT2D eigenvalue weighted by Crippen LogP contribution is 2.37. The van der Waals surface area contributed by atoms with E-state index in [1.165, 1.54) is 0 Å². The van der Waals surface area contributed by atoms with Crippen molar-refractivity contribution < 1.29 is 19.0 Å². The maximum atomic E-state index is 11.7. The number of pyridine rings is 1. The predicted octanol–water partition coefficient (Wildman–Crippen LogP) is 5.21. The lowest BCUT2D eigenvalue weighted by atomic mass is 10.1. The van der Waals surface area contributed by atoms with Gasteiger partial charge in [-0.15, -0.1) is 0 Å². The van der Waals surface area contributed by atoms with Gasteiger partial charge in [-0.1, -0.05) is 47.1 Å². The smallest absolute Gasteiger partial charge is 0.310 e. The zero-order valence-electron chi connectivity index (χ0n) is 14.6. The van der Waals surface area contributed by atoms with Crippen LogP contribution in [-0.2, 0) is 4.79 Å². The third-order valence-corrected chi connectivity index (χ3v) is 4.83. The molecule has 2 aromatic carbocycles. The Morgan fingerprint density at radius 3 is 2.81 bits per heavy atom. The summed E-state index contributed by atoms with van der Waals surface area (Å²) in [6, 6.07) is 13.2. The first kappa shape index (κ1) is 17.5. The molecular weight excluding hydrogens is 410 g/mol. The first-order valence-corrected chi connectivity index (χ1v) is 9.31. The van der Waals surface area contributed by atoms with Crippen molar-refractivity contribution in [2.45, 2.75) is 13.3 Å². The predicted molar refractivity (Wildman–Crippen MR) is 107 cm³/mol. The van der Waals surface area contributed by atoms with E-state index in [2.05, 4.69) is 20.9 Å². The normalized spacial score (nSPS) is 12.7. The van der Waals surface area contributed by atoms with Crippen molar-refractivity contribution in [3.05, 3.63) is 58.2 Å². The second kappa shape index (κ2) is 7.40. The number of esters is 1. The quantitative estimate of drug-likeness (QED) is 0.424. The number of benzene rings is 2. The number of halogens is 1. The highest BCUT2D eigenvalue weighted by atomic mass is 79.9. The molecule has 1 aromatic heterocycles. The van der Waals surface area contributed by atoms with Crippen molar-refractivity contribution in [3.63, 3.8) is 0 Å². The van der Waals surface area contributed by atoms with Crippen molar-refractivity contribution in [1.29, 1.82) is 0 Å². The highest BCUT2D eigenvalue weighted by Gasteiger charge is 2.15. The summed E-state index contributed by atoms with van der Waals surface area (Å²) in [5, 5.41) is 0.915. The van der Waals surface area contributed by atoms with Gasteiger partial charge in [-0.25, -0.2) is 4.98 Å². The first-order chi connectivity index (χ1) is 13.1. The van der Waals surface area contributed by atoms with Crippen molar-refractivity contribution in [1.82, 2.24) is 4.98 Å². The molecule has 2 heterocycles. The van der Waals surface area contributed by atoms with Crippen LogP contribution >= 0.6 is 15.9 Å². The summed E-state index contributed by atoms with van der Waals surface area (Å²) in [5.74, 6) is 1.64. The molecule has 5 nitrogen and oxygen atoms in total. The Bertz CT molecular complexity index is 1060. The van der Waals surface area contributed by atoms with Gasteiger partial charge in [0.25, 0.3) is 0 Å². The van der Waals surface area contributed by atoms with Crippen molar-refractivity contribution in [2.75, 3.05) is 6.79 Å². The Balaban J connectivity index is 1.67. The van der Waals surface area contributed by atoms with Crippen molar-refractivity contribution in [2.24, 2.45) is 0 Å². The van der Waals surface area contributed by atoms with Gasteiger partial charge in [0.1, 0.15) is 5.52 Å². The molecule has 0 radical (unpaired) electrons. The van der Waals surface area contributed by atoms with E-state index in [-0.39, 0.29) is 12.8 Å². The van der Waals surface area contributed by atoms with Gasteiger partial charge in [-0.05, 0) is 35.9 Å². The minimum atomic E-state index is -0.283. The third-order valence-electron chi connectivity index (χ3n) is 4.14. The summed E-state index contributed by atoms with van der Waals surface area (Å²) in [4.78, 5) is 16.3. The van der Waals surface area contributed by atoms with Crippen LogP contribution in [0.2, 0.25) is 0 Å². The van der Waals surface area contributed by atoms with Crippen molar-refractivity contribution >= 4 is 45.0 Å². The van der Waals surface area contributed by atoms with Crippen LogP contribution in [0.1, 0.15) is 24.6 Å². The molecule has 0 spiro atoms. The van der Waals surface area contributed by atoms with Gasteiger partial charge >= 0.3 is 5.97 Å². The zero-order chi connectivity index (χ0) is 18.8. The number of ether oxygens (including phenoxy) is 3. The lowest BCUT2D eigenvalue weighted by molar-refractivity contribution is -0.133. The molecule has 0 aliphatic carbocycles. The fourth-order valence-electron chi connectivity index (χ4n) is 2.74. The summed E-state index contributed by atoms with van der Waals surface area (Å²) in [5.41, 5.74) is 2.37. The summed E-state index contributed by atoms with van der Waals surface area (Å²) >= 11 is 3.55. The number of rotatable bonds is 4. The Morgan fingerprint density at radius 1 is 1.19 bits per heavy atom. The molecule has 0 saturated heterocycles. The number of fused-ring (bicyclic) bond motifs is 2. The minimum absolute atomic E-state index is 0.237. The molecular formula is C21H16BrNO4. The highest BCUT2D eigenvalue weighted by molar-refractivity contribution is 9.10. The van der Waals surface area contributed by atoms with E-state index in [4.69, 9.17) is 14.2 Å². The molecule has 0 unspecified atom stereocenters. The van der Waals surface area contributed by atoms with Crippen molar-refractivity contribution in [3.8, 4) is 17.2 Å². The van der Waals surface area contributed by atoms with E-state index in [0.29, 0.717) is 17.7 Å². The van der Waals surface area contributed by atoms with E-state index in [9.17, 15) is 4.79 Å². The number of carbonyl (C=O) groups is 1. The molecule has 0 atom stereocenters. The average Bonchev–Trinajstić information content (AvgIpc) is 3.13. The van der Waals surface area contributed by atoms with E-state index in [0.717, 1.165) is 32.6 Å². The molecule has 27 heavy (non-hydrogen) atoms. The second-order valence-electron chi connectivity index (χ2n) is 5.95. The maximum absolute atomic E-state index is 11.7. The Morgan fingerprint density at radius 2 is 2.00 bits per heavy atom. The Hall–Kier alpha value is -2.86. The topological polar surface area (TPSA) is 57.7 Å². The lowest BCUT2D eigenvalue weighted by Crippen LogP contribution is -2.06. The number of hydrogen-bond donors (Lipinski definition) is 0. The van der Waals surface area contributed by atoms with Crippen LogP contribution in [-0.4, -0.2) is 17.7 Å². The maximum Gasteiger partial charge on any atom is 0.310 e. The number of para-hydroxylation sites is 1. The molecule has 0 N–H and O–H groups in total. The summed E-state index contributed by atoms with van der Waals surface area (Å²) in [7, 11) is 0. The second-order valence-corrected chi connectivity index (χ2v) is 6.81. The molecule has 6 heteroatoms. The van der Waals surface area contributed by atoms with E-state index in [1.54, 1.807) is 13.0 Å². The lowest BCUT2D eigenvalue weighted by Gasteiger charge is -2.07. The van der Waals surface area contributed by atoms with E-state index < -0.39 is 0 Å². The Kier molecular flexibility index (Phi) is 4.81. The van der Waals surface area contributed by atoms with E-state index in [1.807, 2.05) is 48.6 Å². The zero-order valence-corrected chi connectivity index (χ0v) is 16.2. The molecule has 0 fully saturated rings. The number of aromatic nitrogens is 1. The van der Waals surface area contributed by atoms with Crippen LogP contribution in [0.25, 0.3) is 23.1 Å². The van der Waals surface area contributed by atoms with Gasteiger partial charge in [0.2, 0.25) is 6.79 Å². The van der Waals surface area contributed by atoms with Crippen LogP contribution < -0.4 is 14.2 Å². The Labute approximate surface area is 164 Å². The van der Waals surface area contributed by atoms with Crippen LogP contribution in [0.3, 0.4) is 0 Å². The molecule has 136 valence electrons. The summed E-state index contributed by atoms with van der Waals surface area (Å²) in [6.07, 6.45) is 4.16. The molecule has 1 aliphatic heterocycles. The van der Waals surface area contributed by atoms with Gasteiger partial charge in [-0.3, -0.25) is 4.79 Å². The largest absolute Gasteiger partial charge is 0.454 e. The van der Waals surface area contributed by atoms with Crippen LogP contribution in [0.4, 0.5) is 0 Å². The first-order valence-electron chi connectivity index (χ1n) is 8.51.